The summed E-state index contributed by atoms with van der Waals surface area (Å²) in [5.74, 6) is 0.291. The number of piperidine rings is 1. The summed E-state index contributed by atoms with van der Waals surface area (Å²) in [4.78, 5) is 24.9. The Labute approximate surface area is 199 Å². The standard InChI is InChI=1S/C23H23ClF3N5O2/c1-31-19(33)22(30-20(31)28)12-21(4-6-32(7-5-21)13-23(25,26)27)34-18-3-2-14(9-17(18)22)15-8-16(24)11-29-10-15/h2-3,8-11H,4-7,12-13H2,1H3,(H2,28,30). The highest BCUT2D eigenvalue weighted by Gasteiger charge is 2.58. The zero-order valence-corrected chi connectivity index (χ0v) is 19.2. The summed E-state index contributed by atoms with van der Waals surface area (Å²) in [5, 5.41) is 0.477. The number of hydrogen-bond donors (Lipinski definition) is 1. The van der Waals surface area contributed by atoms with Crippen molar-refractivity contribution in [3.8, 4) is 16.9 Å². The van der Waals surface area contributed by atoms with Gasteiger partial charge in [-0.3, -0.25) is 19.6 Å². The summed E-state index contributed by atoms with van der Waals surface area (Å²) in [6.07, 6.45) is -0.174. The third-order valence-corrected chi connectivity index (χ3v) is 7.05. The number of nitrogens with zero attached hydrogens (tertiary/aromatic N) is 4. The van der Waals surface area contributed by atoms with Crippen molar-refractivity contribution in [2.45, 2.75) is 36.6 Å². The monoisotopic (exact) mass is 493 g/mol. The highest BCUT2D eigenvalue weighted by atomic mass is 35.5. The summed E-state index contributed by atoms with van der Waals surface area (Å²) in [6, 6.07) is 7.22. The van der Waals surface area contributed by atoms with Crippen molar-refractivity contribution in [2.24, 2.45) is 10.7 Å². The molecule has 1 aromatic carbocycles. The van der Waals surface area contributed by atoms with Gasteiger partial charge in [0.15, 0.2) is 11.5 Å². The molecule has 1 aromatic heterocycles. The summed E-state index contributed by atoms with van der Waals surface area (Å²) < 4.78 is 45.1. The number of likely N-dealkylation sites (tertiary alicyclic amines) is 1. The number of pyridine rings is 1. The van der Waals surface area contributed by atoms with Crippen molar-refractivity contribution >= 4 is 23.5 Å². The maximum absolute atomic E-state index is 13.5. The molecule has 1 amide bonds. The van der Waals surface area contributed by atoms with E-state index in [-0.39, 0.29) is 31.4 Å². The molecule has 7 nitrogen and oxygen atoms in total. The number of nitrogens with two attached hydrogens (primary N) is 1. The first-order valence-electron chi connectivity index (χ1n) is 10.9. The zero-order valence-electron chi connectivity index (χ0n) is 18.4. The van der Waals surface area contributed by atoms with E-state index >= 15 is 0 Å². The molecule has 1 fully saturated rings. The number of carbonyl (C=O) groups is 1. The van der Waals surface area contributed by atoms with Gasteiger partial charge in [-0.25, -0.2) is 4.99 Å². The minimum Gasteiger partial charge on any atom is -0.487 e. The number of halogens is 4. The fourth-order valence-corrected chi connectivity index (χ4v) is 5.34. The molecule has 0 radical (unpaired) electrons. The Balaban J connectivity index is 1.55. The summed E-state index contributed by atoms with van der Waals surface area (Å²) >= 11 is 6.11. The molecule has 4 heterocycles. The van der Waals surface area contributed by atoms with Gasteiger partial charge in [-0.1, -0.05) is 17.7 Å². The Hall–Kier alpha value is -2.85. The van der Waals surface area contributed by atoms with Crippen LogP contribution < -0.4 is 10.5 Å². The second-order valence-corrected chi connectivity index (χ2v) is 9.59. The lowest BCUT2D eigenvalue weighted by molar-refractivity contribution is -0.155. The Morgan fingerprint density at radius 1 is 1.18 bits per heavy atom. The van der Waals surface area contributed by atoms with E-state index in [4.69, 9.17) is 22.1 Å². The van der Waals surface area contributed by atoms with Gasteiger partial charge in [-0.05, 0) is 36.6 Å². The molecule has 34 heavy (non-hydrogen) atoms. The molecule has 3 aliphatic rings. The van der Waals surface area contributed by atoms with Gasteiger partial charge in [0.1, 0.15) is 11.4 Å². The fraction of sp³-hybridized carbons (Fsp3) is 0.435. The second-order valence-electron chi connectivity index (χ2n) is 9.15. The molecule has 0 saturated carbocycles. The largest absolute Gasteiger partial charge is 0.487 e. The van der Waals surface area contributed by atoms with Crippen LogP contribution in [0.5, 0.6) is 5.75 Å². The number of hydrogen-bond acceptors (Lipinski definition) is 6. The maximum atomic E-state index is 13.5. The van der Waals surface area contributed by atoms with Gasteiger partial charge in [-0.15, -0.1) is 0 Å². The van der Waals surface area contributed by atoms with E-state index in [2.05, 4.69) is 9.98 Å². The van der Waals surface area contributed by atoms with E-state index in [1.54, 1.807) is 25.4 Å². The van der Waals surface area contributed by atoms with E-state index in [1.807, 2.05) is 12.1 Å². The predicted molar refractivity (Wildman–Crippen MR) is 120 cm³/mol. The molecular weight excluding hydrogens is 471 g/mol. The molecule has 0 bridgehead atoms. The molecule has 3 aliphatic heterocycles. The third kappa shape index (κ3) is 3.88. The molecule has 2 aromatic rings. The molecule has 5 rings (SSSR count). The number of benzene rings is 1. The molecule has 0 aliphatic carbocycles. The van der Waals surface area contributed by atoms with E-state index in [0.717, 1.165) is 11.1 Å². The minimum atomic E-state index is -4.26. The number of carbonyl (C=O) groups excluding carboxylic acids is 1. The Morgan fingerprint density at radius 3 is 2.53 bits per heavy atom. The van der Waals surface area contributed by atoms with Crippen LogP contribution in [0.1, 0.15) is 24.8 Å². The van der Waals surface area contributed by atoms with Crippen molar-refractivity contribution in [3.05, 3.63) is 47.2 Å². The van der Waals surface area contributed by atoms with E-state index < -0.39 is 23.9 Å². The van der Waals surface area contributed by atoms with Crippen LogP contribution in [0.3, 0.4) is 0 Å². The number of aliphatic imine (C=N–C) groups is 1. The molecule has 1 atom stereocenters. The van der Waals surface area contributed by atoms with Crippen molar-refractivity contribution < 1.29 is 22.7 Å². The van der Waals surface area contributed by atoms with E-state index in [1.165, 1.54) is 16.0 Å². The highest BCUT2D eigenvalue weighted by molar-refractivity contribution is 6.30. The fourth-order valence-electron chi connectivity index (χ4n) is 5.16. The molecule has 1 unspecified atom stereocenters. The molecule has 2 N–H and O–H groups in total. The number of amides is 1. The summed E-state index contributed by atoms with van der Waals surface area (Å²) in [7, 11) is 1.56. The van der Waals surface area contributed by atoms with Gasteiger partial charge in [0.25, 0.3) is 5.91 Å². The van der Waals surface area contributed by atoms with Gasteiger partial charge < -0.3 is 10.5 Å². The van der Waals surface area contributed by atoms with Gasteiger partial charge >= 0.3 is 6.18 Å². The summed E-state index contributed by atoms with van der Waals surface area (Å²) in [5.41, 5.74) is 6.06. The van der Waals surface area contributed by atoms with Crippen LogP contribution in [0, 0.1) is 0 Å². The van der Waals surface area contributed by atoms with Crippen LogP contribution >= 0.6 is 11.6 Å². The first-order chi connectivity index (χ1) is 16.0. The highest BCUT2D eigenvalue weighted by Crippen LogP contribution is 2.52. The van der Waals surface area contributed by atoms with Gasteiger partial charge in [0.2, 0.25) is 0 Å². The average molecular weight is 494 g/mol. The van der Waals surface area contributed by atoms with Crippen LogP contribution in [0.4, 0.5) is 13.2 Å². The molecule has 11 heteroatoms. The lowest BCUT2D eigenvalue weighted by atomic mass is 9.72. The topological polar surface area (TPSA) is 84.0 Å². The number of alkyl halides is 3. The van der Waals surface area contributed by atoms with Crippen LogP contribution in [0.15, 0.2) is 41.7 Å². The lowest BCUT2D eigenvalue weighted by Crippen LogP contribution is -2.56. The minimum absolute atomic E-state index is 0.0948. The van der Waals surface area contributed by atoms with E-state index in [0.29, 0.717) is 29.2 Å². The number of rotatable bonds is 2. The second kappa shape index (κ2) is 7.84. The number of ether oxygens (including phenoxy) is 1. The molecule has 1 saturated heterocycles. The van der Waals surface area contributed by atoms with E-state index in [9.17, 15) is 18.0 Å². The van der Waals surface area contributed by atoms with Crippen LogP contribution in [-0.2, 0) is 10.3 Å². The number of likely N-dealkylation sites (N-methyl/N-ethyl adjacent to an activating group) is 1. The van der Waals surface area contributed by atoms with Crippen molar-refractivity contribution in [1.82, 2.24) is 14.8 Å². The summed E-state index contributed by atoms with van der Waals surface area (Å²) in [6.45, 7) is -0.546. The normalized spacial score (nSPS) is 24.3. The lowest BCUT2D eigenvalue weighted by Gasteiger charge is -2.48. The Morgan fingerprint density at radius 2 is 1.91 bits per heavy atom. The quantitative estimate of drug-likeness (QED) is 0.691. The Kier molecular flexibility index (Phi) is 5.29. The number of aromatic nitrogens is 1. The van der Waals surface area contributed by atoms with Gasteiger partial charge in [-0.2, -0.15) is 13.2 Å². The third-order valence-electron chi connectivity index (χ3n) is 6.85. The molecule has 180 valence electrons. The van der Waals surface area contributed by atoms with Crippen LogP contribution in [-0.4, -0.2) is 65.1 Å². The smallest absolute Gasteiger partial charge is 0.401 e. The predicted octanol–water partition coefficient (Wildman–Crippen LogP) is 3.56. The SMILES string of the molecule is CN1C(=O)C2(CC3(CCN(CC(F)(F)F)CC3)Oc3ccc(-c4cncc(Cl)c4)cc32)N=C1N. The molecule has 2 spiro atoms. The first kappa shape index (κ1) is 22.9. The van der Waals surface area contributed by atoms with Crippen molar-refractivity contribution in [2.75, 3.05) is 26.7 Å². The first-order valence-corrected chi connectivity index (χ1v) is 11.3. The van der Waals surface area contributed by atoms with Gasteiger partial charge in [0.05, 0.1) is 11.6 Å². The van der Waals surface area contributed by atoms with Crippen molar-refractivity contribution in [3.63, 3.8) is 0 Å². The van der Waals surface area contributed by atoms with Crippen LogP contribution in [0.25, 0.3) is 11.1 Å². The number of fused-ring (bicyclic) bond motifs is 2. The van der Waals surface area contributed by atoms with Crippen molar-refractivity contribution in [1.29, 1.82) is 0 Å². The number of guanidine groups is 1. The van der Waals surface area contributed by atoms with Gasteiger partial charge in [0, 0.05) is 50.1 Å². The molecular formula is C23H23ClF3N5O2. The zero-order chi connectivity index (χ0) is 24.3. The van der Waals surface area contributed by atoms with Crippen LogP contribution in [0.2, 0.25) is 5.02 Å². The Bertz CT molecular complexity index is 1180. The average Bonchev–Trinajstić information content (AvgIpc) is 2.98. The maximum Gasteiger partial charge on any atom is 0.401 e.